The summed E-state index contributed by atoms with van der Waals surface area (Å²) in [6.07, 6.45) is 0.823. The summed E-state index contributed by atoms with van der Waals surface area (Å²) in [4.78, 5) is 14.8. The Labute approximate surface area is 86.5 Å². The van der Waals surface area contributed by atoms with Crippen molar-refractivity contribution in [1.82, 2.24) is 4.98 Å². The lowest BCUT2D eigenvalue weighted by atomic mass is 10.1. The van der Waals surface area contributed by atoms with Crippen molar-refractivity contribution in [3.63, 3.8) is 0 Å². The number of halogens is 1. The number of fused-ring (bicyclic) bond motifs is 1. The molecule has 0 bridgehead atoms. The lowest BCUT2D eigenvalue weighted by Crippen LogP contribution is -1.86. The molecule has 0 atom stereocenters. The number of pyridine rings is 1. The highest BCUT2D eigenvalue weighted by Crippen LogP contribution is 2.20. The van der Waals surface area contributed by atoms with Crippen LogP contribution in [0, 0.1) is 6.92 Å². The van der Waals surface area contributed by atoms with Crippen molar-refractivity contribution < 1.29 is 4.79 Å². The summed E-state index contributed by atoms with van der Waals surface area (Å²) in [6.45, 7) is 1.89. The molecule has 0 saturated heterocycles. The molecule has 0 aliphatic heterocycles. The molecule has 1 aromatic heterocycles. The maximum absolute atomic E-state index is 10.6. The molecule has 2 aromatic rings. The van der Waals surface area contributed by atoms with Gasteiger partial charge in [0, 0.05) is 10.9 Å². The van der Waals surface area contributed by atoms with Crippen LogP contribution >= 0.6 is 11.6 Å². The van der Waals surface area contributed by atoms with Gasteiger partial charge in [0.1, 0.15) is 11.4 Å². The lowest BCUT2D eigenvalue weighted by Gasteiger charge is -2.01. The van der Waals surface area contributed by atoms with E-state index in [9.17, 15) is 4.79 Å². The van der Waals surface area contributed by atoms with Crippen LogP contribution in [0.3, 0.4) is 0 Å². The van der Waals surface area contributed by atoms with Crippen molar-refractivity contribution in [2.75, 3.05) is 0 Å². The molecule has 3 heteroatoms. The highest BCUT2D eigenvalue weighted by Gasteiger charge is 2.01. The van der Waals surface area contributed by atoms with Crippen LogP contribution in [0.15, 0.2) is 24.3 Å². The monoisotopic (exact) mass is 205 g/mol. The smallest absolute Gasteiger partial charge is 0.150 e. The number of nitrogens with zero attached hydrogens (tertiary/aromatic N) is 1. The zero-order chi connectivity index (χ0) is 10.1. The molecule has 0 unspecified atom stereocenters. The SMILES string of the molecule is Cc1cc2cc(C=O)ccc2nc1Cl. The molecule has 2 nitrogen and oxygen atoms in total. The zero-order valence-electron chi connectivity index (χ0n) is 7.62. The van der Waals surface area contributed by atoms with Crippen molar-refractivity contribution in [2.24, 2.45) is 0 Å². The van der Waals surface area contributed by atoms with Gasteiger partial charge in [-0.3, -0.25) is 4.79 Å². The molecule has 0 aliphatic carbocycles. The quantitative estimate of drug-likeness (QED) is 0.529. The second-order valence-corrected chi connectivity index (χ2v) is 3.52. The largest absolute Gasteiger partial charge is 0.298 e. The standard InChI is InChI=1S/C11H8ClNO/c1-7-4-9-5-8(6-14)2-3-10(9)13-11(7)12/h2-6H,1H3. The minimum Gasteiger partial charge on any atom is -0.298 e. The first-order chi connectivity index (χ1) is 6.70. The fourth-order valence-corrected chi connectivity index (χ4v) is 1.50. The molecule has 0 N–H and O–H groups in total. The Balaban J connectivity index is 2.76. The highest BCUT2D eigenvalue weighted by molar-refractivity contribution is 6.30. The van der Waals surface area contributed by atoms with E-state index in [1.165, 1.54) is 0 Å². The molecule has 2 rings (SSSR count). The van der Waals surface area contributed by atoms with Crippen LogP contribution < -0.4 is 0 Å². The molecular formula is C11H8ClNO. The van der Waals surface area contributed by atoms with Gasteiger partial charge in [-0.1, -0.05) is 11.6 Å². The fraction of sp³-hybridized carbons (Fsp3) is 0.0909. The van der Waals surface area contributed by atoms with Gasteiger partial charge in [0.25, 0.3) is 0 Å². The summed E-state index contributed by atoms with van der Waals surface area (Å²) in [5.74, 6) is 0. The predicted molar refractivity (Wildman–Crippen MR) is 56.9 cm³/mol. The minimum absolute atomic E-state index is 0.511. The van der Waals surface area contributed by atoms with Crippen LogP contribution in [0.4, 0.5) is 0 Å². The molecule has 1 aromatic carbocycles. The van der Waals surface area contributed by atoms with E-state index >= 15 is 0 Å². The predicted octanol–water partition coefficient (Wildman–Crippen LogP) is 3.01. The Kier molecular flexibility index (Phi) is 2.22. The molecule has 0 saturated carbocycles. The van der Waals surface area contributed by atoms with Crippen molar-refractivity contribution in [3.05, 3.63) is 40.5 Å². The number of rotatable bonds is 1. The average Bonchev–Trinajstić information content (AvgIpc) is 2.19. The molecule has 1 heterocycles. The van der Waals surface area contributed by atoms with Gasteiger partial charge in [0.2, 0.25) is 0 Å². The van der Waals surface area contributed by atoms with Crippen LogP contribution in [0.25, 0.3) is 10.9 Å². The molecule has 70 valence electrons. The van der Waals surface area contributed by atoms with Crippen molar-refractivity contribution in [1.29, 1.82) is 0 Å². The third-order valence-electron chi connectivity index (χ3n) is 2.10. The zero-order valence-corrected chi connectivity index (χ0v) is 8.38. The van der Waals surface area contributed by atoms with Crippen LogP contribution in [0.5, 0.6) is 0 Å². The summed E-state index contributed by atoms with van der Waals surface area (Å²) < 4.78 is 0. The Hall–Kier alpha value is -1.41. The van der Waals surface area contributed by atoms with Gasteiger partial charge in [-0.2, -0.15) is 0 Å². The average molecular weight is 206 g/mol. The van der Waals surface area contributed by atoms with Gasteiger partial charge in [-0.15, -0.1) is 0 Å². The van der Waals surface area contributed by atoms with E-state index in [1.54, 1.807) is 18.2 Å². The summed E-state index contributed by atoms with van der Waals surface area (Å²) in [6, 6.07) is 7.26. The number of benzene rings is 1. The summed E-state index contributed by atoms with van der Waals surface area (Å²) in [7, 11) is 0. The van der Waals surface area contributed by atoms with E-state index in [1.807, 2.05) is 13.0 Å². The summed E-state index contributed by atoms with van der Waals surface area (Å²) in [5, 5.41) is 1.45. The van der Waals surface area contributed by atoms with Gasteiger partial charge in [0.15, 0.2) is 0 Å². The first-order valence-corrected chi connectivity index (χ1v) is 4.60. The van der Waals surface area contributed by atoms with Crippen LogP contribution in [0.1, 0.15) is 15.9 Å². The van der Waals surface area contributed by atoms with E-state index < -0.39 is 0 Å². The fourth-order valence-electron chi connectivity index (χ4n) is 1.35. The van der Waals surface area contributed by atoms with Gasteiger partial charge in [-0.25, -0.2) is 4.98 Å². The van der Waals surface area contributed by atoms with Gasteiger partial charge in [-0.05, 0) is 36.8 Å². The maximum atomic E-state index is 10.6. The molecule has 0 spiro atoms. The molecule has 0 fully saturated rings. The van der Waals surface area contributed by atoms with Crippen molar-refractivity contribution in [2.45, 2.75) is 6.92 Å². The number of hydrogen-bond donors (Lipinski definition) is 0. The van der Waals surface area contributed by atoms with E-state index in [2.05, 4.69) is 4.98 Å². The number of hydrogen-bond acceptors (Lipinski definition) is 2. The molecule has 0 amide bonds. The Morgan fingerprint density at radius 2 is 2.14 bits per heavy atom. The Morgan fingerprint density at radius 3 is 2.86 bits per heavy atom. The summed E-state index contributed by atoms with van der Waals surface area (Å²) >= 11 is 5.88. The van der Waals surface area contributed by atoms with Gasteiger partial charge < -0.3 is 0 Å². The third-order valence-corrected chi connectivity index (χ3v) is 2.49. The topological polar surface area (TPSA) is 30.0 Å². The lowest BCUT2D eigenvalue weighted by molar-refractivity contribution is 0.112. The van der Waals surface area contributed by atoms with E-state index in [0.29, 0.717) is 10.7 Å². The normalized spacial score (nSPS) is 10.4. The number of aromatic nitrogens is 1. The minimum atomic E-state index is 0.511. The Morgan fingerprint density at radius 1 is 1.36 bits per heavy atom. The first kappa shape index (κ1) is 9.16. The van der Waals surface area contributed by atoms with Gasteiger partial charge >= 0.3 is 0 Å². The molecule has 14 heavy (non-hydrogen) atoms. The Bertz CT molecular complexity index is 508. The van der Waals surface area contributed by atoms with Crippen LogP contribution in [-0.4, -0.2) is 11.3 Å². The second kappa shape index (κ2) is 3.39. The van der Waals surface area contributed by atoms with E-state index in [4.69, 9.17) is 11.6 Å². The summed E-state index contributed by atoms with van der Waals surface area (Å²) in [5.41, 5.74) is 2.38. The number of aryl methyl sites for hydroxylation is 1. The number of carbonyl (C=O) groups is 1. The molecule has 0 radical (unpaired) electrons. The molecular weight excluding hydrogens is 198 g/mol. The van der Waals surface area contributed by atoms with Crippen molar-refractivity contribution in [3.8, 4) is 0 Å². The first-order valence-electron chi connectivity index (χ1n) is 4.23. The number of carbonyl (C=O) groups excluding carboxylic acids is 1. The highest BCUT2D eigenvalue weighted by atomic mass is 35.5. The van der Waals surface area contributed by atoms with Crippen LogP contribution in [-0.2, 0) is 0 Å². The third kappa shape index (κ3) is 1.49. The second-order valence-electron chi connectivity index (χ2n) is 3.17. The van der Waals surface area contributed by atoms with Crippen molar-refractivity contribution >= 4 is 28.8 Å². The van der Waals surface area contributed by atoms with E-state index in [-0.39, 0.29) is 0 Å². The van der Waals surface area contributed by atoms with Gasteiger partial charge in [0.05, 0.1) is 5.52 Å². The number of aldehydes is 1. The van der Waals surface area contributed by atoms with E-state index in [0.717, 1.165) is 22.8 Å². The molecule has 0 aliphatic rings. The van der Waals surface area contributed by atoms with Crippen LogP contribution in [0.2, 0.25) is 5.15 Å². The maximum Gasteiger partial charge on any atom is 0.150 e.